The molecule has 1 N–H and O–H groups in total. The number of benzene rings is 1. The van der Waals surface area contributed by atoms with Gasteiger partial charge in [-0.3, -0.25) is 4.79 Å². The molecule has 0 saturated heterocycles. The number of halogens is 1. The molecular formula is C14H21BrN2O. The fraction of sp³-hybridized carbons (Fsp3) is 0.500. The van der Waals surface area contributed by atoms with Crippen LogP contribution in [0.25, 0.3) is 0 Å². The summed E-state index contributed by atoms with van der Waals surface area (Å²) in [7, 11) is 4.01. The first-order valence-corrected chi connectivity index (χ1v) is 7.30. The highest BCUT2D eigenvalue weighted by atomic mass is 79.9. The van der Waals surface area contributed by atoms with Gasteiger partial charge in [-0.25, -0.2) is 0 Å². The van der Waals surface area contributed by atoms with Gasteiger partial charge in [-0.15, -0.1) is 0 Å². The van der Waals surface area contributed by atoms with E-state index < -0.39 is 0 Å². The number of carbonyl (C=O) groups excluding carboxylic acids is 1. The molecule has 1 amide bonds. The average molecular weight is 313 g/mol. The number of amides is 1. The summed E-state index contributed by atoms with van der Waals surface area (Å²) in [5.74, 6) is 0.0875. The lowest BCUT2D eigenvalue weighted by Gasteiger charge is -2.17. The summed E-state index contributed by atoms with van der Waals surface area (Å²) >= 11 is 3.36. The van der Waals surface area contributed by atoms with Gasteiger partial charge in [-0.05, 0) is 37.5 Å². The smallest absolute Gasteiger partial charge is 0.224 e. The second-order valence-electron chi connectivity index (χ2n) is 4.59. The van der Waals surface area contributed by atoms with Crippen molar-refractivity contribution in [3.63, 3.8) is 0 Å². The van der Waals surface area contributed by atoms with E-state index in [1.54, 1.807) is 0 Å². The maximum absolute atomic E-state index is 11.7. The number of aryl methyl sites for hydroxylation is 1. The Kier molecular flexibility index (Phi) is 6.19. The van der Waals surface area contributed by atoms with E-state index in [0.29, 0.717) is 6.42 Å². The second kappa shape index (κ2) is 7.41. The Bertz CT molecular complexity index is 405. The molecule has 100 valence electrons. The highest BCUT2D eigenvalue weighted by molar-refractivity contribution is 9.09. The summed E-state index contributed by atoms with van der Waals surface area (Å²) in [5, 5.41) is 3.90. The number of unbranched alkanes of at least 4 members (excludes halogenated alkanes) is 1. The van der Waals surface area contributed by atoms with Gasteiger partial charge in [0.2, 0.25) is 5.91 Å². The van der Waals surface area contributed by atoms with Crippen LogP contribution in [0.3, 0.4) is 0 Å². The Balaban J connectivity index is 2.62. The second-order valence-corrected chi connectivity index (χ2v) is 5.38. The Morgan fingerprint density at radius 2 is 2.06 bits per heavy atom. The van der Waals surface area contributed by atoms with Crippen LogP contribution < -0.4 is 10.2 Å². The van der Waals surface area contributed by atoms with Gasteiger partial charge in [0.1, 0.15) is 0 Å². The third kappa shape index (κ3) is 4.69. The molecule has 0 fully saturated rings. The van der Waals surface area contributed by atoms with Crippen LogP contribution in [0.4, 0.5) is 11.4 Å². The van der Waals surface area contributed by atoms with Gasteiger partial charge in [-0.1, -0.05) is 22.0 Å². The lowest BCUT2D eigenvalue weighted by Crippen LogP contribution is -2.14. The lowest BCUT2D eigenvalue weighted by atomic mass is 10.1. The summed E-state index contributed by atoms with van der Waals surface area (Å²) in [5.41, 5.74) is 3.21. The number of rotatable bonds is 6. The van der Waals surface area contributed by atoms with Gasteiger partial charge in [-0.2, -0.15) is 0 Å². The summed E-state index contributed by atoms with van der Waals surface area (Å²) < 4.78 is 0. The molecule has 0 unspecified atom stereocenters. The fourth-order valence-corrected chi connectivity index (χ4v) is 2.17. The molecule has 0 aliphatic rings. The minimum Gasteiger partial charge on any atom is -0.377 e. The summed E-state index contributed by atoms with van der Waals surface area (Å²) in [6.45, 7) is 2.07. The Morgan fingerprint density at radius 1 is 1.33 bits per heavy atom. The zero-order chi connectivity index (χ0) is 13.5. The third-order valence-electron chi connectivity index (χ3n) is 2.76. The van der Waals surface area contributed by atoms with Crippen molar-refractivity contribution in [2.45, 2.75) is 26.2 Å². The van der Waals surface area contributed by atoms with Crippen molar-refractivity contribution >= 4 is 33.2 Å². The van der Waals surface area contributed by atoms with E-state index in [1.807, 2.05) is 32.3 Å². The van der Waals surface area contributed by atoms with Crippen LogP contribution >= 0.6 is 15.9 Å². The minimum absolute atomic E-state index is 0.0875. The SMILES string of the molecule is Cc1ccc(NC(=O)CCCCBr)cc1N(C)C. The maximum Gasteiger partial charge on any atom is 0.224 e. The van der Waals surface area contributed by atoms with E-state index in [4.69, 9.17) is 0 Å². The predicted molar refractivity (Wildman–Crippen MR) is 81.8 cm³/mol. The predicted octanol–water partition coefficient (Wildman–Crippen LogP) is 3.56. The zero-order valence-corrected chi connectivity index (χ0v) is 12.9. The van der Waals surface area contributed by atoms with E-state index in [9.17, 15) is 4.79 Å². The van der Waals surface area contributed by atoms with Crippen LogP contribution in [0, 0.1) is 6.92 Å². The van der Waals surface area contributed by atoms with Gasteiger partial charge in [0, 0.05) is 37.2 Å². The van der Waals surface area contributed by atoms with Gasteiger partial charge in [0.05, 0.1) is 0 Å². The number of hydrogen-bond acceptors (Lipinski definition) is 2. The summed E-state index contributed by atoms with van der Waals surface area (Å²) in [6.07, 6.45) is 2.53. The Hall–Kier alpha value is -1.03. The fourth-order valence-electron chi connectivity index (χ4n) is 1.77. The molecule has 0 aliphatic heterocycles. The Labute approximate surface area is 118 Å². The number of hydrogen-bond donors (Lipinski definition) is 1. The van der Waals surface area contributed by atoms with Crippen LogP contribution in [-0.4, -0.2) is 25.3 Å². The van der Waals surface area contributed by atoms with Gasteiger partial charge >= 0.3 is 0 Å². The van der Waals surface area contributed by atoms with Crippen LogP contribution in [0.1, 0.15) is 24.8 Å². The molecule has 0 saturated carbocycles. The normalized spacial score (nSPS) is 10.2. The topological polar surface area (TPSA) is 32.3 Å². The molecule has 18 heavy (non-hydrogen) atoms. The van der Waals surface area contributed by atoms with Crippen LogP contribution in [0.15, 0.2) is 18.2 Å². The van der Waals surface area contributed by atoms with Crippen molar-refractivity contribution in [3.05, 3.63) is 23.8 Å². The zero-order valence-electron chi connectivity index (χ0n) is 11.3. The van der Waals surface area contributed by atoms with Gasteiger partial charge < -0.3 is 10.2 Å². The Morgan fingerprint density at radius 3 is 2.67 bits per heavy atom. The molecule has 0 aromatic heterocycles. The molecule has 0 heterocycles. The highest BCUT2D eigenvalue weighted by Crippen LogP contribution is 2.22. The minimum atomic E-state index is 0.0875. The largest absolute Gasteiger partial charge is 0.377 e. The van der Waals surface area contributed by atoms with Gasteiger partial charge in [0.15, 0.2) is 0 Å². The van der Waals surface area contributed by atoms with E-state index in [2.05, 4.69) is 33.1 Å². The molecular weight excluding hydrogens is 292 g/mol. The monoisotopic (exact) mass is 312 g/mol. The molecule has 1 aromatic rings. The number of anilines is 2. The first kappa shape index (κ1) is 15.0. The molecule has 0 bridgehead atoms. The number of carbonyl (C=O) groups is 1. The van der Waals surface area contributed by atoms with Crippen molar-refractivity contribution in [3.8, 4) is 0 Å². The van der Waals surface area contributed by atoms with Crippen LogP contribution in [-0.2, 0) is 4.79 Å². The molecule has 3 nitrogen and oxygen atoms in total. The van der Waals surface area contributed by atoms with E-state index in [-0.39, 0.29) is 5.91 Å². The van der Waals surface area contributed by atoms with E-state index in [1.165, 1.54) is 5.56 Å². The maximum atomic E-state index is 11.7. The van der Waals surface area contributed by atoms with Crippen LogP contribution in [0.2, 0.25) is 0 Å². The number of alkyl halides is 1. The number of nitrogens with one attached hydrogen (secondary N) is 1. The first-order chi connectivity index (χ1) is 8.54. The van der Waals surface area contributed by atoms with E-state index in [0.717, 1.165) is 29.5 Å². The van der Waals surface area contributed by atoms with Gasteiger partial charge in [0.25, 0.3) is 0 Å². The molecule has 1 aromatic carbocycles. The quantitative estimate of drug-likeness (QED) is 0.643. The van der Waals surface area contributed by atoms with Crippen molar-refractivity contribution in [2.24, 2.45) is 0 Å². The molecule has 0 spiro atoms. The van der Waals surface area contributed by atoms with Crippen molar-refractivity contribution in [1.82, 2.24) is 0 Å². The van der Waals surface area contributed by atoms with E-state index >= 15 is 0 Å². The molecule has 0 atom stereocenters. The summed E-state index contributed by atoms with van der Waals surface area (Å²) in [4.78, 5) is 13.8. The summed E-state index contributed by atoms with van der Waals surface area (Å²) in [6, 6.07) is 5.99. The third-order valence-corrected chi connectivity index (χ3v) is 3.32. The number of nitrogens with zero attached hydrogens (tertiary/aromatic N) is 1. The molecule has 0 radical (unpaired) electrons. The standard InChI is InChI=1S/C14H21BrN2O/c1-11-7-8-12(10-13(11)17(2)3)16-14(18)6-4-5-9-15/h7-8,10H,4-6,9H2,1-3H3,(H,16,18). The van der Waals surface area contributed by atoms with Crippen molar-refractivity contribution in [1.29, 1.82) is 0 Å². The molecule has 0 aliphatic carbocycles. The molecule has 4 heteroatoms. The van der Waals surface area contributed by atoms with Crippen LogP contribution in [0.5, 0.6) is 0 Å². The molecule has 1 rings (SSSR count). The first-order valence-electron chi connectivity index (χ1n) is 6.18. The average Bonchev–Trinajstić information content (AvgIpc) is 2.31. The highest BCUT2D eigenvalue weighted by Gasteiger charge is 2.05. The van der Waals surface area contributed by atoms with Crippen molar-refractivity contribution in [2.75, 3.05) is 29.6 Å². The van der Waals surface area contributed by atoms with Crippen molar-refractivity contribution < 1.29 is 4.79 Å². The lowest BCUT2D eigenvalue weighted by molar-refractivity contribution is -0.116.